The average Bonchev–Trinajstić information content (AvgIpc) is 1.87. The third kappa shape index (κ3) is 2.91. The van der Waals surface area contributed by atoms with Gasteiger partial charge in [0.2, 0.25) is 12.1 Å². The van der Waals surface area contributed by atoms with Gasteiger partial charge in [0, 0.05) is 6.61 Å². The maximum Gasteiger partial charge on any atom is 0.216 e. The van der Waals surface area contributed by atoms with Gasteiger partial charge < -0.3 is 14.9 Å². The Labute approximate surface area is 59.4 Å². The van der Waals surface area contributed by atoms with E-state index in [1.807, 2.05) is 0 Å². The molecule has 0 aliphatic carbocycles. The van der Waals surface area contributed by atoms with Gasteiger partial charge in [-0.15, -0.1) is 0 Å². The zero-order valence-corrected chi connectivity index (χ0v) is 6.07. The average molecular weight is 148 g/mol. The maximum absolute atomic E-state index is 10.6. The van der Waals surface area contributed by atoms with Gasteiger partial charge in [0.25, 0.3) is 0 Å². The van der Waals surface area contributed by atoms with E-state index < -0.39 is 18.2 Å². The van der Waals surface area contributed by atoms with E-state index >= 15 is 0 Å². The molecule has 0 aromatic carbocycles. The van der Waals surface area contributed by atoms with Gasteiger partial charge in [-0.3, -0.25) is 4.79 Å². The molecule has 0 bridgehead atoms. The number of rotatable bonds is 4. The normalized spacial score (nSPS) is 13.7. The lowest BCUT2D eigenvalue weighted by Crippen LogP contribution is -2.31. The largest absolute Gasteiger partial charge is 0.371 e. The van der Waals surface area contributed by atoms with Crippen molar-refractivity contribution >= 4 is 5.78 Å². The monoisotopic (exact) mass is 148 g/mol. The molecule has 0 radical (unpaired) electrons. The van der Waals surface area contributed by atoms with E-state index in [-0.39, 0.29) is 0 Å². The molecule has 2 N–H and O–H groups in total. The number of aliphatic hydroxyl groups excluding tert-OH is 1. The molecule has 0 saturated heterocycles. The van der Waals surface area contributed by atoms with Gasteiger partial charge in [-0.25, -0.2) is 0 Å². The van der Waals surface area contributed by atoms with Crippen LogP contribution in [0.4, 0.5) is 0 Å². The first kappa shape index (κ1) is 9.55. The Hall–Kier alpha value is -0.450. The highest BCUT2D eigenvalue weighted by Crippen LogP contribution is 1.94. The van der Waals surface area contributed by atoms with Gasteiger partial charge in [-0.2, -0.15) is 0 Å². The second kappa shape index (κ2) is 4.38. The summed E-state index contributed by atoms with van der Waals surface area (Å²) in [5, 5.41) is 16.7. The molecule has 4 nitrogen and oxygen atoms in total. The molecule has 0 spiro atoms. The predicted octanol–water partition coefficient (Wildman–Crippen LogP) is -0.709. The second-order valence-electron chi connectivity index (χ2n) is 1.87. The highest BCUT2D eigenvalue weighted by Gasteiger charge is 2.18. The van der Waals surface area contributed by atoms with Gasteiger partial charge in [0.15, 0.2) is 0 Å². The molecule has 4 heteroatoms. The Kier molecular flexibility index (Phi) is 4.18. The molecular weight excluding hydrogens is 136 g/mol. The number of carbonyl (C=O) groups is 1. The molecule has 0 aliphatic heterocycles. The zero-order chi connectivity index (χ0) is 8.15. The quantitative estimate of drug-likeness (QED) is 0.517. The van der Waals surface area contributed by atoms with Crippen LogP contribution in [0, 0.1) is 0 Å². The summed E-state index contributed by atoms with van der Waals surface area (Å²) in [5.74, 6) is -0.707. The van der Waals surface area contributed by atoms with Crippen molar-refractivity contribution in [1.82, 2.24) is 0 Å². The van der Waals surface area contributed by atoms with Gasteiger partial charge in [0.05, 0.1) is 0 Å². The topological polar surface area (TPSA) is 66.8 Å². The van der Waals surface area contributed by atoms with Crippen LogP contribution in [-0.4, -0.2) is 35.0 Å². The third-order valence-corrected chi connectivity index (χ3v) is 1.07. The van der Waals surface area contributed by atoms with E-state index in [9.17, 15) is 4.79 Å². The molecule has 60 valence electrons. The standard InChI is InChI=1S/C6H12O4/c1-3-10-4(2)5(7)6(8)9/h4,6,8-9H,3H2,1-2H3. The lowest BCUT2D eigenvalue weighted by Gasteiger charge is -2.10. The van der Waals surface area contributed by atoms with Gasteiger partial charge in [-0.05, 0) is 13.8 Å². The lowest BCUT2D eigenvalue weighted by atomic mass is 10.2. The molecule has 10 heavy (non-hydrogen) atoms. The number of ether oxygens (including phenoxy) is 1. The smallest absolute Gasteiger partial charge is 0.216 e. The van der Waals surface area contributed by atoms with E-state index in [1.165, 1.54) is 6.92 Å². The van der Waals surface area contributed by atoms with Crippen LogP contribution in [0.3, 0.4) is 0 Å². The van der Waals surface area contributed by atoms with Crippen molar-refractivity contribution in [2.45, 2.75) is 26.2 Å². The molecule has 0 aromatic rings. The summed E-state index contributed by atoms with van der Waals surface area (Å²) in [7, 11) is 0. The van der Waals surface area contributed by atoms with E-state index in [0.29, 0.717) is 6.61 Å². The second-order valence-corrected chi connectivity index (χ2v) is 1.87. The first-order valence-corrected chi connectivity index (χ1v) is 3.11. The molecule has 1 unspecified atom stereocenters. The van der Waals surface area contributed by atoms with Gasteiger partial charge >= 0.3 is 0 Å². The van der Waals surface area contributed by atoms with Crippen LogP contribution in [-0.2, 0) is 9.53 Å². The number of carbonyl (C=O) groups excluding carboxylic acids is 1. The third-order valence-electron chi connectivity index (χ3n) is 1.07. The Balaban J connectivity index is 3.71. The van der Waals surface area contributed by atoms with Crippen LogP contribution < -0.4 is 0 Å². The minimum absolute atomic E-state index is 0.389. The molecule has 0 amide bonds. The van der Waals surface area contributed by atoms with Gasteiger partial charge in [0.1, 0.15) is 6.10 Å². The summed E-state index contributed by atoms with van der Waals surface area (Å²) in [6.07, 6.45) is -2.65. The molecule has 0 heterocycles. The minimum Gasteiger partial charge on any atom is -0.371 e. The fourth-order valence-corrected chi connectivity index (χ4v) is 0.542. The molecule has 0 aromatic heterocycles. The number of hydrogen-bond donors (Lipinski definition) is 2. The number of hydrogen-bond acceptors (Lipinski definition) is 4. The molecule has 1 atom stereocenters. The first-order chi connectivity index (χ1) is 4.59. The van der Waals surface area contributed by atoms with E-state index in [1.54, 1.807) is 6.92 Å². The van der Waals surface area contributed by atoms with Crippen molar-refractivity contribution in [2.24, 2.45) is 0 Å². The maximum atomic E-state index is 10.6. The first-order valence-electron chi connectivity index (χ1n) is 3.11. The fourth-order valence-electron chi connectivity index (χ4n) is 0.542. The van der Waals surface area contributed by atoms with Crippen molar-refractivity contribution in [3.8, 4) is 0 Å². The molecule has 0 rings (SSSR count). The van der Waals surface area contributed by atoms with E-state index in [4.69, 9.17) is 14.9 Å². The Morgan fingerprint density at radius 3 is 2.40 bits per heavy atom. The van der Waals surface area contributed by atoms with Crippen LogP contribution in [0.5, 0.6) is 0 Å². The number of aliphatic hydroxyl groups is 2. The molecule has 0 fully saturated rings. The Morgan fingerprint density at radius 1 is 1.60 bits per heavy atom. The number of Topliss-reactive ketones (excluding diaryl/α,β-unsaturated/α-hetero) is 1. The van der Waals surface area contributed by atoms with Crippen molar-refractivity contribution < 1.29 is 19.7 Å². The summed E-state index contributed by atoms with van der Waals surface area (Å²) in [5.41, 5.74) is 0. The fraction of sp³-hybridized carbons (Fsp3) is 0.833. The predicted molar refractivity (Wildman–Crippen MR) is 34.3 cm³/mol. The van der Waals surface area contributed by atoms with Crippen molar-refractivity contribution in [2.75, 3.05) is 6.61 Å². The summed E-state index contributed by atoms with van der Waals surface area (Å²) in [4.78, 5) is 10.6. The van der Waals surface area contributed by atoms with Gasteiger partial charge in [-0.1, -0.05) is 0 Å². The summed E-state index contributed by atoms with van der Waals surface area (Å²) in [6.45, 7) is 3.60. The lowest BCUT2D eigenvalue weighted by molar-refractivity contribution is -0.155. The summed E-state index contributed by atoms with van der Waals surface area (Å²) in [6, 6.07) is 0. The highest BCUT2D eigenvalue weighted by molar-refractivity contribution is 5.85. The van der Waals surface area contributed by atoms with Crippen LogP contribution in [0.25, 0.3) is 0 Å². The van der Waals surface area contributed by atoms with Crippen LogP contribution in [0.1, 0.15) is 13.8 Å². The van der Waals surface area contributed by atoms with E-state index in [2.05, 4.69) is 0 Å². The number of ketones is 1. The summed E-state index contributed by atoms with van der Waals surface area (Å²) < 4.78 is 4.80. The summed E-state index contributed by atoms with van der Waals surface area (Å²) >= 11 is 0. The molecule has 0 aliphatic rings. The van der Waals surface area contributed by atoms with Crippen LogP contribution in [0.2, 0.25) is 0 Å². The molecule has 0 saturated carbocycles. The Morgan fingerprint density at radius 2 is 2.10 bits per heavy atom. The molecular formula is C6H12O4. The van der Waals surface area contributed by atoms with E-state index in [0.717, 1.165) is 0 Å². The zero-order valence-electron chi connectivity index (χ0n) is 6.07. The van der Waals surface area contributed by atoms with Crippen molar-refractivity contribution in [1.29, 1.82) is 0 Å². The SMILES string of the molecule is CCOC(C)C(=O)C(O)O. The van der Waals surface area contributed by atoms with Crippen molar-refractivity contribution in [3.05, 3.63) is 0 Å². The minimum atomic E-state index is -1.92. The van der Waals surface area contributed by atoms with Crippen LogP contribution >= 0.6 is 0 Å². The Bertz CT molecular complexity index is 110. The highest BCUT2D eigenvalue weighted by atomic mass is 16.5. The van der Waals surface area contributed by atoms with Crippen LogP contribution in [0.15, 0.2) is 0 Å². The van der Waals surface area contributed by atoms with Crippen molar-refractivity contribution in [3.63, 3.8) is 0 Å².